The third kappa shape index (κ3) is 4.33. The summed E-state index contributed by atoms with van der Waals surface area (Å²) in [6.07, 6.45) is 0.841. The monoisotopic (exact) mass is 419 g/mol. The van der Waals surface area contributed by atoms with Crippen LogP contribution in [0.25, 0.3) is 0 Å². The first-order chi connectivity index (χ1) is 14.1. The van der Waals surface area contributed by atoms with E-state index < -0.39 is 17.6 Å². The quantitative estimate of drug-likeness (QED) is 0.811. The van der Waals surface area contributed by atoms with Gasteiger partial charge in [0.1, 0.15) is 17.6 Å². The number of benzene rings is 1. The molecule has 2 fully saturated rings. The predicted molar refractivity (Wildman–Crippen MR) is 109 cm³/mol. The average Bonchev–Trinajstić information content (AvgIpc) is 3.06. The number of nitrogens with one attached hydrogen (secondary N) is 1. The second-order valence-corrected chi connectivity index (χ2v) is 8.60. The molecule has 1 unspecified atom stereocenters. The summed E-state index contributed by atoms with van der Waals surface area (Å²) in [4.78, 5) is 41.9. The number of carbonyl (C=O) groups excluding carboxylic acids is 3. The lowest BCUT2D eigenvalue weighted by molar-refractivity contribution is -0.146. The molecule has 8 heteroatoms. The van der Waals surface area contributed by atoms with Crippen molar-refractivity contribution in [3.05, 3.63) is 35.6 Å². The molecule has 0 radical (unpaired) electrons. The van der Waals surface area contributed by atoms with E-state index in [9.17, 15) is 18.8 Å². The Kier molecular flexibility index (Phi) is 6.45. The van der Waals surface area contributed by atoms with Crippen molar-refractivity contribution in [1.82, 2.24) is 15.1 Å². The van der Waals surface area contributed by atoms with E-state index in [2.05, 4.69) is 5.32 Å². The number of piperidine rings is 1. The highest BCUT2D eigenvalue weighted by Gasteiger charge is 2.54. The lowest BCUT2D eigenvalue weighted by atomic mass is 9.95. The zero-order chi connectivity index (χ0) is 22.1. The van der Waals surface area contributed by atoms with Crippen LogP contribution in [0.15, 0.2) is 24.3 Å². The molecule has 3 rings (SSSR count). The first-order valence-corrected chi connectivity index (χ1v) is 10.5. The molecule has 164 valence electrons. The number of likely N-dealkylation sites (tertiary alicyclic amines) is 1. The van der Waals surface area contributed by atoms with Gasteiger partial charge in [0, 0.05) is 43.5 Å². The molecule has 2 heterocycles. The fraction of sp³-hybridized carbons (Fsp3) is 0.591. The van der Waals surface area contributed by atoms with Gasteiger partial charge in [-0.05, 0) is 38.1 Å². The molecule has 3 amide bonds. The number of rotatable bonds is 4. The summed E-state index contributed by atoms with van der Waals surface area (Å²) in [6, 6.07) is 4.42. The van der Waals surface area contributed by atoms with Crippen LogP contribution in [0.4, 0.5) is 4.39 Å². The van der Waals surface area contributed by atoms with Gasteiger partial charge >= 0.3 is 0 Å². The minimum absolute atomic E-state index is 0.0633. The second kappa shape index (κ2) is 8.71. The number of ether oxygens (including phenoxy) is 1. The van der Waals surface area contributed by atoms with Gasteiger partial charge in [0.25, 0.3) is 5.91 Å². The summed E-state index contributed by atoms with van der Waals surface area (Å²) in [5, 5.41) is 2.86. The van der Waals surface area contributed by atoms with Crippen molar-refractivity contribution in [2.24, 2.45) is 5.92 Å². The smallest absolute Gasteiger partial charge is 0.256 e. The number of amides is 3. The Balaban J connectivity index is 1.88. The van der Waals surface area contributed by atoms with E-state index in [-0.39, 0.29) is 36.3 Å². The fourth-order valence-corrected chi connectivity index (χ4v) is 4.12. The van der Waals surface area contributed by atoms with Crippen LogP contribution in [0.5, 0.6) is 0 Å². The summed E-state index contributed by atoms with van der Waals surface area (Å²) in [7, 11) is 0. The minimum Gasteiger partial charge on any atom is -0.353 e. The van der Waals surface area contributed by atoms with E-state index in [4.69, 9.17) is 4.74 Å². The summed E-state index contributed by atoms with van der Waals surface area (Å²) >= 11 is 0. The van der Waals surface area contributed by atoms with Crippen LogP contribution in [-0.4, -0.2) is 65.0 Å². The number of nitrogens with zero attached hydrogens (tertiary/aromatic N) is 2. The number of carbonyl (C=O) groups is 3. The van der Waals surface area contributed by atoms with Gasteiger partial charge in [-0.15, -0.1) is 0 Å². The highest BCUT2D eigenvalue weighted by molar-refractivity contribution is 5.98. The van der Waals surface area contributed by atoms with E-state index in [0.29, 0.717) is 31.5 Å². The van der Waals surface area contributed by atoms with Crippen molar-refractivity contribution >= 4 is 17.7 Å². The Labute approximate surface area is 176 Å². The second-order valence-electron chi connectivity index (χ2n) is 8.60. The van der Waals surface area contributed by atoms with Crippen LogP contribution in [0.3, 0.4) is 0 Å². The molecule has 2 aliphatic rings. The van der Waals surface area contributed by atoms with Gasteiger partial charge in [-0.2, -0.15) is 0 Å². The largest absolute Gasteiger partial charge is 0.353 e. The standard InChI is InChI=1S/C22H30FN3O4/c1-14(2)20(28)25-11-9-22(10-12-25)26(18(13-30-22)19(27)24-15(3)4)21(29)16-5-7-17(23)8-6-16/h5-8,14-15,18H,9-13H2,1-4H3,(H,24,27). The SMILES string of the molecule is CC(C)NC(=O)C1COC2(CCN(C(=O)C(C)C)CC2)N1C(=O)c1ccc(F)cc1. The Hall–Kier alpha value is -2.48. The van der Waals surface area contributed by atoms with Crippen LogP contribution >= 0.6 is 0 Å². The average molecular weight is 419 g/mol. The van der Waals surface area contributed by atoms with E-state index in [1.807, 2.05) is 27.7 Å². The molecular formula is C22H30FN3O4. The van der Waals surface area contributed by atoms with E-state index >= 15 is 0 Å². The van der Waals surface area contributed by atoms with Crippen molar-refractivity contribution in [2.45, 2.75) is 58.3 Å². The third-order valence-electron chi connectivity index (χ3n) is 5.65. The van der Waals surface area contributed by atoms with Crippen molar-refractivity contribution in [1.29, 1.82) is 0 Å². The van der Waals surface area contributed by atoms with Gasteiger partial charge in [0.2, 0.25) is 11.8 Å². The molecule has 2 saturated heterocycles. The summed E-state index contributed by atoms with van der Waals surface area (Å²) < 4.78 is 19.5. The van der Waals surface area contributed by atoms with Gasteiger partial charge in [0.15, 0.2) is 0 Å². The van der Waals surface area contributed by atoms with Crippen LogP contribution in [-0.2, 0) is 14.3 Å². The zero-order valence-electron chi connectivity index (χ0n) is 18.0. The lowest BCUT2D eigenvalue weighted by Crippen LogP contribution is -2.60. The molecule has 0 aliphatic carbocycles. The maximum absolute atomic E-state index is 13.4. The fourth-order valence-electron chi connectivity index (χ4n) is 4.12. The molecule has 0 aromatic heterocycles. The van der Waals surface area contributed by atoms with Gasteiger partial charge in [-0.1, -0.05) is 13.8 Å². The van der Waals surface area contributed by atoms with Crippen molar-refractivity contribution < 1.29 is 23.5 Å². The van der Waals surface area contributed by atoms with Gasteiger partial charge in [0.05, 0.1) is 6.61 Å². The molecule has 7 nitrogen and oxygen atoms in total. The first-order valence-electron chi connectivity index (χ1n) is 10.5. The van der Waals surface area contributed by atoms with Crippen LogP contribution in [0.2, 0.25) is 0 Å². The summed E-state index contributed by atoms with van der Waals surface area (Å²) in [6.45, 7) is 8.40. The minimum atomic E-state index is -0.960. The molecule has 1 aromatic rings. The molecule has 1 aromatic carbocycles. The molecule has 0 saturated carbocycles. The first kappa shape index (κ1) is 22.2. The Morgan fingerprint density at radius 2 is 1.70 bits per heavy atom. The molecule has 1 atom stereocenters. The Morgan fingerprint density at radius 1 is 1.10 bits per heavy atom. The summed E-state index contributed by atoms with van der Waals surface area (Å²) in [5.41, 5.74) is -0.664. The van der Waals surface area contributed by atoms with Gasteiger partial charge < -0.3 is 15.0 Å². The number of hydrogen-bond donors (Lipinski definition) is 1. The Bertz CT molecular complexity index is 801. The maximum Gasteiger partial charge on any atom is 0.256 e. The molecule has 1 N–H and O–H groups in total. The molecule has 1 spiro atoms. The Morgan fingerprint density at radius 3 is 2.23 bits per heavy atom. The topological polar surface area (TPSA) is 79.0 Å². The highest BCUT2D eigenvalue weighted by Crippen LogP contribution is 2.38. The van der Waals surface area contributed by atoms with Crippen molar-refractivity contribution in [3.63, 3.8) is 0 Å². The normalized spacial score (nSPS) is 20.8. The molecule has 2 aliphatic heterocycles. The predicted octanol–water partition coefficient (Wildman–Crippen LogP) is 2.17. The number of hydrogen-bond acceptors (Lipinski definition) is 4. The van der Waals surface area contributed by atoms with E-state index in [0.717, 1.165) is 0 Å². The van der Waals surface area contributed by atoms with Gasteiger partial charge in [-0.25, -0.2) is 4.39 Å². The van der Waals surface area contributed by atoms with Crippen molar-refractivity contribution in [2.75, 3.05) is 19.7 Å². The molecule has 30 heavy (non-hydrogen) atoms. The van der Waals surface area contributed by atoms with Crippen LogP contribution in [0.1, 0.15) is 50.9 Å². The van der Waals surface area contributed by atoms with E-state index in [1.54, 1.807) is 4.90 Å². The molecule has 0 bridgehead atoms. The van der Waals surface area contributed by atoms with Crippen LogP contribution < -0.4 is 5.32 Å². The lowest BCUT2D eigenvalue weighted by Gasteiger charge is -2.44. The third-order valence-corrected chi connectivity index (χ3v) is 5.65. The summed E-state index contributed by atoms with van der Waals surface area (Å²) in [5.74, 6) is -1.13. The van der Waals surface area contributed by atoms with E-state index in [1.165, 1.54) is 29.2 Å². The zero-order valence-corrected chi connectivity index (χ0v) is 18.0. The maximum atomic E-state index is 13.4. The van der Waals surface area contributed by atoms with Crippen LogP contribution in [0, 0.1) is 11.7 Å². The van der Waals surface area contributed by atoms with Gasteiger partial charge in [-0.3, -0.25) is 19.3 Å². The number of halogens is 1. The highest BCUT2D eigenvalue weighted by atomic mass is 19.1. The molecular weight excluding hydrogens is 389 g/mol. The van der Waals surface area contributed by atoms with Crippen molar-refractivity contribution in [3.8, 4) is 0 Å².